The molecule has 9 aromatic rings. The molecule has 1 nitrogen and oxygen atoms in total. The SMILES string of the molecule is [2H]c1cc2c(-c3c([2H])c([2H])c(-c4ccc5ccccc5c4)c([2H])c3[2H])c3c([2H])c([2H])c([2H])c([2H])c3c(-c3cccc4c3oc3ccccc34)c2cc1[2H]. The van der Waals surface area contributed by atoms with E-state index >= 15 is 0 Å². The van der Waals surface area contributed by atoms with Crippen LogP contribution in [0.4, 0.5) is 0 Å². The molecule has 0 saturated heterocycles. The normalized spacial score (nSPS) is 15.0. The van der Waals surface area contributed by atoms with Crippen molar-refractivity contribution in [2.75, 3.05) is 0 Å². The molecular weight excluding hydrogens is 520 g/mol. The minimum Gasteiger partial charge on any atom is -0.455 e. The molecule has 0 spiro atoms. The highest BCUT2D eigenvalue weighted by Crippen LogP contribution is 2.46. The van der Waals surface area contributed by atoms with Gasteiger partial charge in [0.05, 0.1) is 13.7 Å². The van der Waals surface area contributed by atoms with E-state index in [9.17, 15) is 8.22 Å². The first kappa shape index (κ1) is 16.1. The van der Waals surface area contributed by atoms with Gasteiger partial charge in [-0.25, -0.2) is 0 Å². The maximum atomic E-state index is 9.40. The molecule has 1 aromatic heterocycles. The lowest BCUT2D eigenvalue weighted by Crippen LogP contribution is -1.91. The van der Waals surface area contributed by atoms with Gasteiger partial charge in [0.25, 0.3) is 0 Å². The van der Waals surface area contributed by atoms with E-state index in [0.29, 0.717) is 33.2 Å². The van der Waals surface area contributed by atoms with Gasteiger partial charge >= 0.3 is 0 Å². The lowest BCUT2D eigenvalue weighted by molar-refractivity contribution is 0.670. The highest BCUT2D eigenvalue weighted by atomic mass is 16.3. The lowest BCUT2D eigenvalue weighted by Gasteiger charge is -2.18. The highest BCUT2D eigenvalue weighted by Gasteiger charge is 2.20. The molecule has 1 heterocycles. The van der Waals surface area contributed by atoms with Crippen LogP contribution in [0.5, 0.6) is 0 Å². The van der Waals surface area contributed by atoms with Crippen molar-refractivity contribution in [3.8, 4) is 33.4 Å². The number of benzene rings is 8. The third-order valence-electron chi connectivity index (χ3n) is 8.12. The second-order valence-corrected chi connectivity index (χ2v) is 10.5. The molecule has 0 amide bonds. The number of rotatable bonds is 3. The molecule has 0 radical (unpaired) electrons. The molecule has 0 aliphatic carbocycles. The van der Waals surface area contributed by atoms with E-state index in [-0.39, 0.29) is 63.1 Å². The molecule has 0 N–H and O–H groups in total. The molecule has 1 heteroatoms. The predicted octanol–water partition coefficient (Wildman–Crippen LogP) is 12.0. The Morgan fingerprint density at radius 1 is 0.419 bits per heavy atom. The van der Waals surface area contributed by atoms with Crippen LogP contribution in [0.25, 0.3) is 87.6 Å². The quantitative estimate of drug-likeness (QED) is 0.197. The number of para-hydroxylation sites is 2. The van der Waals surface area contributed by atoms with E-state index < -0.39 is 30.2 Å². The zero-order valence-corrected chi connectivity index (χ0v) is 22.6. The smallest absolute Gasteiger partial charge is 0.143 e. The maximum Gasteiger partial charge on any atom is 0.143 e. The summed E-state index contributed by atoms with van der Waals surface area (Å²) in [4.78, 5) is 0. The summed E-state index contributed by atoms with van der Waals surface area (Å²) in [6.07, 6.45) is 0. The maximum absolute atomic E-state index is 9.40. The minimum absolute atomic E-state index is 0.0250. The first-order valence-electron chi connectivity index (χ1n) is 18.9. The summed E-state index contributed by atoms with van der Waals surface area (Å²) in [5, 5.41) is 4.06. The largest absolute Gasteiger partial charge is 0.455 e. The van der Waals surface area contributed by atoms with Gasteiger partial charge in [0.15, 0.2) is 0 Å². The Labute approximate surface area is 263 Å². The molecular formula is C42H26O. The first-order valence-corrected chi connectivity index (χ1v) is 13.9. The first-order chi connectivity index (χ1) is 25.5. The van der Waals surface area contributed by atoms with Crippen molar-refractivity contribution in [2.24, 2.45) is 0 Å². The fourth-order valence-electron chi connectivity index (χ4n) is 6.16. The van der Waals surface area contributed by atoms with E-state index in [2.05, 4.69) is 0 Å². The van der Waals surface area contributed by atoms with Gasteiger partial charge in [-0.2, -0.15) is 0 Å². The number of fused-ring (bicyclic) bond motifs is 6. The Morgan fingerprint density at radius 2 is 1.09 bits per heavy atom. The van der Waals surface area contributed by atoms with Crippen LogP contribution >= 0.6 is 0 Å². The van der Waals surface area contributed by atoms with E-state index in [0.717, 1.165) is 21.5 Å². The van der Waals surface area contributed by atoms with Crippen molar-refractivity contribution in [3.63, 3.8) is 0 Å². The van der Waals surface area contributed by atoms with Crippen LogP contribution in [0.2, 0.25) is 0 Å². The summed E-state index contributed by atoms with van der Waals surface area (Å²) in [6.45, 7) is 0. The molecule has 8 aromatic carbocycles. The Kier molecular flexibility index (Phi) is 3.53. The fraction of sp³-hybridized carbons (Fsp3) is 0. The van der Waals surface area contributed by atoms with Crippen LogP contribution in [0.3, 0.4) is 0 Å². The lowest BCUT2D eigenvalue weighted by atomic mass is 9.85. The Balaban J connectivity index is 1.47. The van der Waals surface area contributed by atoms with E-state index in [1.165, 1.54) is 12.1 Å². The van der Waals surface area contributed by atoms with Crippen LogP contribution in [-0.2, 0) is 0 Å². The Hall–Kier alpha value is -5.66. The number of hydrogen-bond acceptors (Lipinski definition) is 1. The summed E-state index contributed by atoms with van der Waals surface area (Å²) < 4.78 is 97.1. The fourth-order valence-corrected chi connectivity index (χ4v) is 6.16. The number of furan rings is 1. The molecule has 0 unspecified atom stereocenters. The van der Waals surface area contributed by atoms with E-state index in [1.807, 2.05) is 72.8 Å². The summed E-state index contributed by atoms with van der Waals surface area (Å²) in [5.74, 6) is 0. The zero-order chi connectivity index (χ0) is 37.0. The van der Waals surface area contributed by atoms with Gasteiger partial charge in [-0.1, -0.05) is 145 Å². The summed E-state index contributed by atoms with van der Waals surface area (Å²) in [5.41, 5.74) is 2.35. The van der Waals surface area contributed by atoms with Crippen LogP contribution in [0, 0.1) is 0 Å². The standard InChI is InChI=1S/C42H26O/c1-2-11-30-26-31(25-22-27(30)10-1)28-20-23-29(24-21-28)40-33-13-3-5-15-35(33)41(36-16-6-4-14-34(36)40)38-18-9-17-37-32-12-7-8-19-39(32)43-42(37)38/h1-26H/i3D,4D,5D,6D,13D,15D,20D,21D,23D,24D. The summed E-state index contributed by atoms with van der Waals surface area (Å²) in [6, 6.07) is 25.3. The van der Waals surface area contributed by atoms with Crippen molar-refractivity contribution in [3.05, 3.63) is 157 Å². The summed E-state index contributed by atoms with van der Waals surface area (Å²) in [7, 11) is 0. The zero-order valence-electron chi connectivity index (χ0n) is 32.6. The average Bonchev–Trinajstić information content (AvgIpc) is 3.55. The number of hydrogen-bond donors (Lipinski definition) is 0. The van der Waals surface area contributed by atoms with Crippen molar-refractivity contribution in [2.45, 2.75) is 0 Å². The second kappa shape index (κ2) is 9.44. The van der Waals surface area contributed by atoms with Crippen molar-refractivity contribution in [1.82, 2.24) is 0 Å². The average molecular weight is 557 g/mol. The Bertz CT molecular complexity index is 3050. The molecule has 0 aliphatic heterocycles. The summed E-state index contributed by atoms with van der Waals surface area (Å²) >= 11 is 0. The van der Waals surface area contributed by atoms with Gasteiger partial charge in [-0.15, -0.1) is 0 Å². The topological polar surface area (TPSA) is 13.1 Å². The third kappa shape index (κ3) is 3.72. The minimum atomic E-state index is -0.540. The Morgan fingerprint density at radius 3 is 1.93 bits per heavy atom. The van der Waals surface area contributed by atoms with Gasteiger partial charge in [0, 0.05) is 21.9 Å². The van der Waals surface area contributed by atoms with Crippen molar-refractivity contribution >= 4 is 54.3 Å². The third-order valence-corrected chi connectivity index (χ3v) is 8.12. The van der Waals surface area contributed by atoms with Gasteiger partial charge in [0.2, 0.25) is 0 Å². The van der Waals surface area contributed by atoms with Crippen LogP contribution in [0.1, 0.15) is 13.7 Å². The second-order valence-electron chi connectivity index (χ2n) is 10.5. The van der Waals surface area contributed by atoms with Gasteiger partial charge in [-0.05, 0) is 66.7 Å². The monoisotopic (exact) mass is 556 g/mol. The van der Waals surface area contributed by atoms with Gasteiger partial charge < -0.3 is 4.42 Å². The highest BCUT2D eigenvalue weighted by molar-refractivity contribution is 6.24. The molecule has 0 atom stereocenters. The van der Waals surface area contributed by atoms with Crippen LogP contribution in [0.15, 0.2) is 162 Å². The van der Waals surface area contributed by atoms with Crippen molar-refractivity contribution in [1.29, 1.82) is 0 Å². The van der Waals surface area contributed by atoms with Crippen LogP contribution in [-0.4, -0.2) is 0 Å². The van der Waals surface area contributed by atoms with Gasteiger partial charge in [-0.3, -0.25) is 0 Å². The van der Waals surface area contributed by atoms with Crippen molar-refractivity contribution < 1.29 is 18.1 Å². The molecule has 200 valence electrons. The molecule has 0 aliphatic rings. The van der Waals surface area contributed by atoms with E-state index in [1.54, 1.807) is 12.1 Å². The molecule has 0 saturated carbocycles. The molecule has 9 rings (SSSR count). The molecule has 43 heavy (non-hydrogen) atoms. The molecule has 0 bridgehead atoms. The molecule has 0 fully saturated rings. The van der Waals surface area contributed by atoms with Crippen LogP contribution < -0.4 is 0 Å². The predicted molar refractivity (Wildman–Crippen MR) is 183 cm³/mol. The van der Waals surface area contributed by atoms with E-state index in [4.69, 9.17) is 9.90 Å². The van der Waals surface area contributed by atoms with Gasteiger partial charge in [0.1, 0.15) is 11.2 Å².